The molecule has 0 fully saturated rings. The molecule has 0 unspecified atom stereocenters. The van der Waals surface area contributed by atoms with Crippen molar-refractivity contribution in [2.75, 3.05) is 28.2 Å². The van der Waals surface area contributed by atoms with Crippen molar-refractivity contribution in [1.29, 1.82) is 0 Å². The highest BCUT2D eigenvalue weighted by molar-refractivity contribution is 6.05. The summed E-state index contributed by atoms with van der Waals surface area (Å²) in [6.07, 6.45) is 6.07. The van der Waals surface area contributed by atoms with E-state index < -0.39 is 5.41 Å². The van der Waals surface area contributed by atoms with Gasteiger partial charge in [-0.25, -0.2) is 0 Å². The summed E-state index contributed by atoms with van der Waals surface area (Å²) in [7, 11) is 6.66. The summed E-state index contributed by atoms with van der Waals surface area (Å²) >= 11 is 0. The van der Waals surface area contributed by atoms with Crippen molar-refractivity contribution in [3.8, 4) is 0 Å². The van der Waals surface area contributed by atoms with E-state index in [-0.39, 0.29) is 11.8 Å². The molecular formula is C14H24N2O2. The van der Waals surface area contributed by atoms with Gasteiger partial charge in [0.1, 0.15) is 5.41 Å². The van der Waals surface area contributed by atoms with E-state index in [1.54, 1.807) is 34.3 Å². The quantitative estimate of drug-likeness (QED) is 0.533. The van der Waals surface area contributed by atoms with Gasteiger partial charge in [-0.05, 0) is 19.8 Å². The van der Waals surface area contributed by atoms with E-state index in [1.807, 2.05) is 19.1 Å². The third-order valence-corrected chi connectivity index (χ3v) is 2.83. The first-order chi connectivity index (χ1) is 8.33. The number of hydrogen-bond acceptors (Lipinski definition) is 2. The minimum absolute atomic E-state index is 0.181. The summed E-state index contributed by atoms with van der Waals surface area (Å²) < 4.78 is 0. The van der Waals surface area contributed by atoms with Gasteiger partial charge >= 0.3 is 0 Å². The normalized spacial score (nSPS) is 11.4. The topological polar surface area (TPSA) is 40.6 Å². The fraction of sp³-hybridized carbons (Fsp3) is 0.571. The fourth-order valence-corrected chi connectivity index (χ4v) is 1.95. The van der Waals surface area contributed by atoms with Gasteiger partial charge in [-0.2, -0.15) is 0 Å². The van der Waals surface area contributed by atoms with E-state index in [1.165, 1.54) is 9.80 Å². The van der Waals surface area contributed by atoms with Gasteiger partial charge in [-0.3, -0.25) is 9.59 Å². The second-order valence-corrected chi connectivity index (χ2v) is 4.75. The average Bonchev–Trinajstić information content (AvgIpc) is 2.32. The number of nitrogens with zero attached hydrogens (tertiary/aromatic N) is 2. The Morgan fingerprint density at radius 1 is 1.06 bits per heavy atom. The minimum Gasteiger partial charge on any atom is -0.348 e. The predicted octanol–water partition coefficient (Wildman–Crippen LogP) is 1.69. The number of amides is 2. The molecule has 0 spiro atoms. The molecular weight excluding hydrogens is 228 g/mol. The van der Waals surface area contributed by atoms with Gasteiger partial charge in [0.2, 0.25) is 11.8 Å². The van der Waals surface area contributed by atoms with Crippen molar-refractivity contribution in [2.45, 2.75) is 19.8 Å². The maximum atomic E-state index is 12.4. The van der Waals surface area contributed by atoms with E-state index >= 15 is 0 Å². The lowest BCUT2D eigenvalue weighted by atomic mass is 9.78. The zero-order valence-electron chi connectivity index (χ0n) is 12.1. The van der Waals surface area contributed by atoms with Crippen LogP contribution >= 0.6 is 0 Å². The van der Waals surface area contributed by atoms with Crippen LogP contribution in [0.2, 0.25) is 0 Å². The van der Waals surface area contributed by atoms with Crippen LogP contribution in [-0.4, -0.2) is 49.8 Å². The first kappa shape index (κ1) is 16.4. The Morgan fingerprint density at radius 2 is 1.50 bits per heavy atom. The molecule has 0 saturated carbocycles. The maximum Gasteiger partial charge on any atom is 0.238 e. The molecule has 18 heavy (non-hydrogen) atoms. The van der Waals surface area contributed by atoms with Crippen LogP contribution < -0.4 is 0 Å². The molecule has 0 radical (unpaired) electrons. The maximum absolute atomic E-state index is 12.4. The minimum atomic E-state index is -1.07. The molecule has 0 heterocycles. The van der Waals surface area contributed by atoms with E-state index in [9.17, 15) is 9.59 Å². The molecule has 0 aliphatic heterocycles. The van der Waals surface area contributed by atoms with E-state index in [0.29, 0.717) is 12.8 Å². The van der Waals surface area contributed by atoms with Crippen molar-refractivity contribution in [2.24, 2.45) is 5.41 Å². The van der Waals surface area contributed by atoms with Crippen molar-refractivity contribution < 1.29 is 9.59 Å². The van der Waals surface area contributed by atoms with Crippen LogP contribution in [0, 0.1) is 5.41 Å². The van der Waals surface area contributed by atoms with Crippen LogP contribution in [0.3, 0.4) is 0 Å². The molecule has 0 aliphatic rings. The summed E-state index contributed by atoms with van der Waals surface area (Å²) in [5, 5.41) is 0. The van der Waals surface area contributed by atoms with Crippen molar-refractivity contribution >= 4 is 11.8 Å². The van der Waals surface area contributed by atoms with Crippen molar-refractivity contribution in [1.82, 2.24) is 9.80 Å². The Balaban J connectivity index is 5.61. The van der Waals surface area contributed by atoms with Crippen molar-refractivity contribution in [3.63, 3.8) is 0 Å². The molecule has 0 aliphatic carbocycles. The SMILES string of the molecule is C=CCC(CC=CC)(C(=O)N(C)C)C(=O)N(C)C. The van der Waals surface area contributed by atoms with Crippen LogP contribution in [0.1, 0.15) is 19.8 Å². The first-order valence-electron chi connectivity index (χ1n) is 5.99. The van der Waals surface area contributed by atoms with Crippen molar-refractivity contribution in [3.05, 3.63) is 24.8 Å². The molecule has 2 amide bonds. The van der Waals surface area contributed by atoms with Crippen LogP contribution in [-0.2, 0) is 9.59 Å². The Kier molecular flexibility index (Phi) is 6.37. The lowest BCUT2D eigenvalue weighted by Crippen LogP contribution is -2.50. The molecule has 0 atom stereocenters. The Labute approximate surface area is 110 Å². The monoisotopic (exact) mass is 252 g/mol. The molecule has 102 valence electrons. The smallest absolute Gasteiger partial charge is 0.238 e. The zero-order chi connectivity index (χ0) is 14.3. The van der Waals surface area contributed by atoms with E-state index in [2.05, 4.69) is 6.58 Å². The lowest BCUT2D eigenvalue weighted by molar-refractivity contribution is -0.153. The molecule has 0 bridgehead atoms. The standard InChI is InChI=1S/C14H24N2O2/c1-7-9-11-14(10-8-2,12(17)15(3)4)13(18)16(5)6/h7-9H,2,10-11H2,1,3-6H3. The number of rotatable bonds is 6. The average molecular weight is 252 g/mol. The van der Waals surface area contributed by atoms with Gasteiger partial charge in [0.15, 0.2) is 0 Å². The third kappa shape index (κ3) is 3.45. The number of carbonyl (C=O) groups excluding carboxylic acids is 2. The summed E-state index contributed by atoms with van der Waals surface area (Å²) in [5.74, 6) is -0.363. The number of hydrogen-bond donors (Lipinski definition) is 0. The van der Waals surface area contributed by atoms with Crippen LogP contribution in [0.15, 0.2) is 24.8 Å². The zero-order valence-corrected chi connectivity index (χ0v) is 12.1. The van der Waals surface area contributed by atoms with Gasteiger partial charge in [-0.1, -0.05) is 18.2 Å². The van der Waals surface area contributed by atoms with E-state index in [4.69, 9.17) is 0 Å². The molecule has 0 aromatic carbocycles. The molecule has 0 aromatic heterocycles. The highest BCUT2D eigenvalue weighted by Crippen LogP contribution is 2.32. The van der Waals surface area contributed by atoms with Gasteiger partial charge in [0.05, 0.1) is 0 Å². The van der Waals surface area contributed by atoms with Gasteiger partial charge in [0.25, 0.3) is 0 Å². The Morgan fingerprint density at radius 3 is 1.78 bits per heavy atom. The Hall–Kier alpha value is -1.58. The highest BCUT2D eigenvalue weighted by Gasteiger charge is 2.45. The van der Waals surface area contributed by atoms with Crippen LogP contribution in [0.5, 0.6) is 0 Å². The number of allylic oxidation sites excluding steroid dienone is 3. The third-order valence-electron chi connectivity index (χ3n) is 2.83. The summed E-state index contributed by atoms with van der Waals surface area (Å²) in [4.78, 5) is 27.7. The molecule has 0 aromatic rings. The van der Waals surface area contributed by atoms with Gasteiger partial charge in [0, 0.05) is 28.2 Å². The van der Waals surface area contributed by atoms with Gasteiger partial charge < -0.3 is 9.80 Å². The lowest BCUT2D eigenvalue weighted by Gasteiger charge is -2.34. The molecule has 4 heteroatoms. The predicted molar refractivity (Wildman–Crippen MR) is 74.1 cm³/mol. The Bertz CT molecular complexity index is 324. The first-order valence-corrected chi connectivity index (χ1v) is 5.99. The molecule has 0 N–H and O–H groups in total. The second-order valence-electron chi connectivity index (χ2n) is 4.75. The fourth-order valence-electron chi connectivity index (χ4n) is 1.95. The van der Waals surface area contributed by atoms with E-state index in [0.717, 1.165) is 0 Å². The largest absolute Gasteiger partial charge is 0.348 e. The van der Waals surface area contributed by atoms with Gasteiger partial charge in [-0.15, -0.1) is 6.58 Å². The molecule has 0 rings (SSSR count). The second kappa shape index (κ2) is 6.99. The molecule has 0 saturated heterocycles. The molecule has 4 nitrogen and oxygen atoms in total. The number of carbonyl (C=O) groups is 2. The summed E-state index contributed by atoms with van der Waals surface area (Å²) in [6.45, 7) is 5.55. The van der Waals surface area contributed by atoms with Crippen LogP contribution in [0.4, 0.5) is 0 Å². The highest BCUT2D eigenvalue weighted by atomic mass is 16.2. The summed E-state index contributed by atoms with van der Waals surface area (Å²) in [6, 6.07) is 0. The van der Waals surface area contributed by atoms with Crippen LogP contribution in [0.25, 0.3) is 0 Å². The summed E-state index contributed by atoms with van der Waals surface area (Å²) in [5.41, 5.74) is -1.07.